The maximum absolute atomic E-state index is 12.1. The maximum atomic E-state index is 12.1. The van der Waals surface area contributed by atoms with Gasteiger partial charge in [-0.15, -0.1) is 0 Å². The van der Waals surface area contributed by atoms with Gasteiger partial charge in [-0.1, -0.05) is 13.8 Å². The van der Waals surface area contributed by atoms with Crippen molar-refractivity contribution in [1.29, 1.82) is 0 Å². The second kappa shape index (κ2) is 6.43. The van der Waals surface area contributed by atoms with E-state index in [9.17, 15) is 9.59 Å². The number of piperidine rings is 1. The summed E-state index contributed by atoms with van der Waals surface area (Å²) in [5, 5.41) is 0.324. The smallest absolute Gasteiger partial charge is 0.343 e. The Bertz CT molecular complexity index is 514. The molecule has 2 N–H and O–H groups in total. The van der Waals surface area contributed by atoms with E-state index in [1.807, 2.05) is 0 Å². The molecule has 1 aromatic heterocycles. The Kier molecular flexibility index (Phi) is 4.82. The van der Waals surface area contributed by atoms with Gasteiger partial charge >= 0.3 is 5.97 Å². The second-order valence-electron chi connectivity index (χ2n) is 5.83. The largest absolute Gasteiger partial charge is 0.452 e. The van der Waals surface area contributed by atoms with Crippen LogP contribution in [0.15, 0.2) is 0 Å². The van der Waals surface area contributed by atoms with E-state index in [1.54, 1.807) is 11.8 Å². The predicted molar refractivity (Wildman–Crippen MR) is 81.1 cm³/mol. The number of nitrogens with zero attached hydrogens (tertiary/aromatic N) is 2. The normalized spacial score (nSPS) is 22.1. The molecule has 0 spiro atoms. The van der Waals surface area contributed by atoms with E-state index in [2.05, 4.69) is 18.2 Å². The fourth-order valence-electron chi connectivity index (χ4n) is 2.79. The summed E-state index contributed by atoms with van der Waals surface area (Å²) < 4.78 is 9.08. The van der Waals surface area contributed by atoms with E-state index in [0.717, 1.165) is 31.0 Å². The van der Waals surface area contributed by atoms with Crippen molar-refractivity contribution in [2.24, 2.45) is 11.8 Å². The van der Waals surface area contributed by atoms with E-state index < -0.39 is 5.97 Å². The molecule has 1 fully saturated rings. The van der Waals surface area contributed by atoms with Crippen molar-refractivity contribution in [3.63, 3.8) is 0 Å². The summed E-state index contributed by atoms with van der Waals surface area (Å²) in [4.78, 5) is 25.9. The van der Waals surface area contributed by atoms with Gasteiger partial charge in [-0.05, 0) is 36.7 Å². The summed E-state index contributed by atoms with van der Waals surface area (Å²) in [5.74, 6) is 0.228. The van der Waals surface area contributed by atoms with Crippen LogP contribution in [-0.4, -0.2) is 40.8 Å². The van der Waals surface area contributed by atoms with Crippen molar-refractivity contribution >= 4 is 28.4 Å². The third kappa shape index (κ3) is 3.72. The van der Waals surface area contributed by atoms with Gasteiger partial charge in [0.15, 0.2) is 6.61 Å². The number of rotatable bonds is 3. The Balaban J connectivity index is 1.91. The van der Waals surface area contributed by atoms with Gasteiger partial charge in [0.2, 0.25) is 0 Å². The molecule has 7 heteroatoms. The van der Waals surface area contributed by atoms with Crippen LogP contribution >= 0.6 is 11.5 Å². The number of aryl methyl sites for hydroxylation is 1. The molecule has 0 aliphatic carbocycles. The van der Waals surface area contributed by atoms with Crippen molar-refractivity contribution < 1.29 is 14.3 Å². The van der Waals surface area contributed by atoms with Crippen LogP contribution in [0, 0.1) is 18.8 Å². The van der Waals surface area contributed by atoms with Crippen LogP contribution in [0.3, 0.4) is 0 Å². The highest BCUT2D eigenvalue weighted by Crippen LogP contribution is 2.23. The highest BCUT2D eigenvalue weighted by molar-refractivity contribution is 7.10. The molecular formula is C14H21N3O3S. The zero-order valence-electron chi connectivity index (χ0n) is 12.6. The Morgan fingerprint density at radius 3 is 2.52 bits per heavy atom. The molecule has 1 amide bonds. The second-order valence-corrected chi connectivity index (χ2v) is 6.63. The summed E-state index contributed by atoms with van der Waals surface area (Å²) in [6.45, 7) is 7.15. The molecule has 1 saturated heterocycles. The predicted octanol–water partition coefficient (Wildman–Crippen LogP) is 1.70. The van der Waals surface area contributed by atoms with Crippen molar-refractivity contribution in [1.82, 2.24) is 9.27 Å². The average molecular weight is 311 g/mol. The minimum atomic E-state index is -0.579. The zero-order chi connectivity index (χ0) is 15.6. The van der Waals surface area contributed by atoms with Gasteiger partial charge in [-0.3, -0.25) is 4.79 Å². The van der Waals surface area contributed by atoms with Crippen molar-refractivity contribution in [3.8, 4) is 0 Å². The van der Waals surface area contributed by atoms with Gasteiger partial charge in [-0.2, -0.15) is 4.37 Å². The van der Waals surface area contributed by atoms with Crippen molar-refractivity contribution in [2.45, 2.75) is 27.2 Å². The maximum Gasteiger partial charge on any atom is 0.343 e. The number of nitrogen functional groups attached to an aromatic ring is 1. The molecule has 0 saturated carbocycles. The first-order chi connectivity index (χ1) is 9.88. The number of anilines is 1. The van der Waals surface area contributed by atoms with E-state index >= 15 is 0 Å². The van der Waals surface area contributed by atoms with Crippen molar-refractivity contribution in [3.05, 3.63) is 11.3 Å². The molecule has 2 rings (SSSR count). The number of ether oxygens (including phenoxy) is 1. The highest BCUT2D eigenvalue weighted by Gasteiger charge is 2.26. The number of likely N-dealkylation sites (tertiary alicyclic amines) is 1. The van der Waals surface area contributed by atoms with E-state index in [4.69, 9.17) is 10.5 Å². The Morgan fingerprint density at radius 1 is 1.38 bits per heavy atom. The quantitative estimate of drug-likeness (QED) is 0.859. The third-order valence-corrected chi connectivity index (χ3v) is 4.41. The lowest BCUT2D eigenvalue weighted by molar-refractivity contribution is -0.137. The fourth-order valence-corrected chi connectivity index (χ4v) is 3.44. The number of hydrogen-bond acceptors (Lipinski definition) is 6. The van der Waals surface area contributed by atoms with Crippen molar-refractivity contribution in [2.75, 3.05) is 25.4 Å². The van der Waals surface area contributed by atoms with Crippen LogP contribution in [-0.2, 0) is 9.53 Å². The number of nitrogens with two attached hydrogens (primary N) is 1. The molecule has 2 heterocycles. The number of amides is 1. The molecule has 0 bridgehead atoms. The van der Waals surface area contributed by atoms with Gasteiger partial charge in [0.1, 0.15) is 10.6 Å². The molecule has 0 radical (unpaired) electrons. The molecular weight excluding hydrogens is 290 g/mol. The molecule has 21 heavy (non-hydrogen) atoms. The summed E-state index contributed by atoms with van der Waals surface area (Å²) in [6, 6.07) is 0. The van der Waals surface area contributed by atoms with Gasteiger partial charge in [0.25, 0.3) is 5.91 Å². The Morgan fingerprint density at radius 2 is 2.00 bits per heavy atom. The lowest BCUT2D eigenvalue weighted by Gasteiger charge is -2.34. The van der Waals surface area contributed by atoms with Gasteiger partial charge < -0.3 is 15.4 Å². The molecule has 0 unspecified atom stereocenters. The van der Waals surface area contributed by atoms with E-state index in [0.29, 0.717) is 22.5 Å². The third-order valence-electron chi connectivity index (χ3n) is 3.64. The van der Waals surface area contributed by atoms with Gasteiger partial charge in [-0.25, -0.2) is 4.79 Å². The standard InChI is InChI=1S/C14H21N3O3S/c1-8-4-9(2)6-17(5-8)11(18)7-20-14(19)12-10(3)16-21-13(12)15/h8-9H,4-7,15H2,1-3H3/t8-,9-/m1/s1. The lowest BCUT2D eigenvalue weighted by atomic mass is 9.92. The van der Waals surface area contributed by atoms with Crippen LogP contribution in [0.25, 0.3) is 0 Å². The Hall–Kier alpha value is -1.63. The van der Waals surface area contributed by atoms with Crippen LogP contribution < -0.4 is 5.73 Å². The van der Waals surface area contributed by atoms with Gasteiger partial charge in [0, 0.05) is 13.1 Å². The van der Waals surface area contributed by atoms with Crippen LogP contribution in [0.1, 0.15) is 36.3 Å². The van der Waals surface area contributed by atoms with E-state index in [-0.39, 0.29) is 18.1 Å². The van der Waals surface area contributed by atoms with Crippen LogP contribution in [0.4, 0.5) is 5.00 Å². The van der Waals surface area contributed by atoms with E-state index in [1.165, 1.54) is 0 Å². The molecule has 2 atom stereocenters. The number of carbonyl (C=O) groups excluding carboxylic acids is 2. The first-order valence-electron chi connectivity index (χ1n) is 7.05. The van der Waals surface area contributed by atoms with Crippen LogP contribution in [0.2, 0.25) is 0 Å². The molecule has 1 aliphatic rings. The topological polar surface area (TPSA) is 85.5 Å². The highest BCUT2D eigenvalue weighted by atomic mass is 32.1. The summed E-state index contributed by atoms with van der Waals surface area (Å²) >= 11 is 1.05. The zero-order valence-corrected chi connectivity index (χ0v) is 13.4. The molecule has 1 aromatic rings. The summed E-state index contributed by atoms with van der Waals surface area (Å²) in [7, 11) is 0. The average Bonchev–Trinajstić information content (AvgIpc) is 2.74. The molecule has 6 nitrogen and oxygen atoms in total. The minimum Gasteiger partial charge on any atom is -0.452 e. The minimum absolute atomic E-state index is 0.152. The Labute approximate surface area is 128 Å². The fraction of sp³-hybridized carbons (Fsp3) is 0.643. The van der Waals surface area contributed by atoms with Gasteiger partial charge in [0.05, 0.1) is 5.69 Å². The number of carbonyl (C=O) groups is 2. The summed E-state index contributed by atoms with van der Waals surface area (Å²) in [5.41, 5.74) is 6.50. The lowest BCUT2D eigenvalue weighted by Crippen LogP contribution is -2.44. The molecule has 0 aromatic carbocycles. The first kappa shape index (κ1) is 15.8. The number of esters is 1. The monoisotopic (exact) mass is 311 g/mol. The number of aromatic nitrogens is 1. The number of hydrogen-bond donors (Lipinski definition) is 1. The molecule has 116 valence electrons. The SMILES string of the molecule is Cc1nsc(N)c1C(=O)OCC(=O)N1C[C@H](C)C[C@@H](C)C1. The van der Waals surface area contributed by atoms with Crippen LogP contribution in [0.5, 0.6) is 0 Å². The first-order valence-corrected chi connectivity index (χ1v) is 7.82. The summed E-state index contributed by atoms with van der Waals surface area (Å²) in [6.07, 6.45) is 1.12. The molecule has 1 aliphatic heterocycles.